The van der Waals surface area contributed by atoms with Gasteiger partial charge in [-0.15, -0.1) is 12.4 Å². The molecular formula is C6H9ClF2N2O. The first-order valence-corrected chi connectivity index (χ1v) is 3.14. The average molecular weight is 199 g/mol. The van der Waals surface area contributed by atoms with Crippen molar-refractivity contribution in [2.75, 3.05) is 6.54 Å². The summed E-state index contributed by atoms with van der Waals surface area (Å²) in [4.78, 5) is 0. The van der Waals surface area contributed by atoms with Crippen molar-refractivity contribution < 1.29 is 13.3 Å². The van der Waals surface area contributed by atoms with E-state index in [9.17, 15) is 8.78 Å². The Kier molecular flexibility index (Phi) is 4.77. The first-order valence-electron chi connectivity index (χ1n) is 3.14. The lowest BCUT2D eigenvalue weighted by atomic mass is 10.1. The zero-order valence-corrected chi connectivity index (χ0v) is 6.93. The minimum absolute atomic E-state index is 0. The van der Waals surface area contributed by atoms with Crippen molar-refractivity contribution in [2.24, 2.45) is 5.73 Å². The summed E-state index contributed by atoms with van der Waals surface area (Å²) < 4.78 is 28.6. The molecule has 0 fully saturated rings. The molecule has 12 heavy (non-hydrogen) atoms. The van der Waals surface area contributed by atoms with Crippen LogP contribution in [0.1, 0.15) is 11.6 Å². The van der Waals surface area contributed by atoms with E-state index in [2.05, 4.69) is 9.68 Å². The smallest absolute Gasteiger partial charge is 0.248 e. The minimum Gasteiger partial charge on any atom is -0.364 e. The maximum atomic E-state index is 12.1. The predicted octanol–water partition coefficient (Wildman–Crippen LogP) is 1.40. The molecule has 0 radical (unpaired) electrons. The molecule has 0 aliphatic rings. The molecule has 1 aromatic rings. The third-order valence-corrected chi connectivity index (χ3v) is 1.40. The highest BCUT2D eigenvalue weighted by Crippen LogP contribution is 2.19. The fraction of sp³-hybridized carbons (Fsp3) is 0.500. The quantitative estimate of drug-likeness (QED) is 0.799. The fourth-order valence-electron chi connectivity index (χ4n) is 0.766. The van der Waals surface area contributed by atoms with E-state index in [-0.39, 0.29) is 24.6 Å². The number of hydrogen-bond acceptors (Lipinski definition) is 3. The molecule has 70 valence electrons. The summed E-state index contributed by atoms with van der Waals surface area (Å²) in [5.74, 6) is -1.01. The molecule has 0 aliphatic carbocycles. The van der Waals surface area contributed by atoms with E-state index < -0.39 is 12.3 Å². The number of hydrogen-bond donors (Lipinski definition) is 1. The van der Waals surface area contributed by atoms with Crippen molar-refractivity contribution >= 4 is 12.4 Å². The molecule has 1 aromatic heterocycles. The van der Waals surface area contributed by atoms with Gasteiger partial charge in [-0.1, -0.05) is 5.16 Å². The third kappa shape index (κ3) is 2.42. The van der Waals surface area contributed by atoms with Gasteiger partial charge in [0.15, 0.2) is 0 Å². The summed E-state index contributed by atoms with van der Waals surface area (Å²) in [6.45, 7) is -0.121. The summed E-state index contributed by atoms with van der Waals surface area (Å²) in [5, 5.41) is 3.37. The summed E-state index contributed by atoms with van der Waals surface area (Å²) in [5.41, 5.74) is 5.31. The van der Waals surface area contributed by atoms with Crippen molar-refractivity contribution in [3.05, 3.63) is 18.0 Å². The maximum Gasteiger partial charge on any atom is 0.248 e. The Balaban J connectivity index is 0.00000121. The molecule has 1 rings (SSSR count). The van der Waals surface area contributed by atoms with Crippen LogP contribution in [0.3, 0.4) is 0 Å². The van der Waals surface area contributed by atoms with Gasteiger partial charge in [0.2, 0.25) is 6.43 Å². The lowest BCUT2D eigenvalue weighted by Crippen LogP contribution is -2.19. The number of halogens is 3. The van der Waals surface area contributed by atoms with Crippen LogP contribution in [0.15, 0.2) is 16.9 Å². The van der Waals surface area contributed by atoms with Gasteiger partial charge in [-0.3, -0.25) is 0 Å². The molecule has 0 spiro atoms. The summed E-state index contributed by atoms with van der Waals surface area (Å²) in [6.07, 6.45) is -1.23. The highest BCUT2D eigenvalue weighted by Gasteiger charge is 2.22. The van der Waals surface area contributed by atoms with Crippen molar-refractivity contribution in [1.29, 1.82) is 0 Å². The van der Waals surface area contributed by atoms with Crippen LogP contribution >= 0.6 is 12.4 Å². The normalized spacial score (nSPS) is 12.7. The highest BCUT2D eigenvalue weighted by molar-refractivity contribution is 5.85. The first-order chi connectivity index (χ1) is 5.25. The Morgan fingerprint density at radius 1 is 1.58 bits per heavy atom. The van der Waals surface area contributed by atoms with E-state index in [1.54, 1.807) is 0 Å². The molecule has 1 unspecified atom stereocenters. The van der Waals surface area contributed by atoms with E-state index in [4.69, 9.17) is 5.73 Å². The van der Waals surface area contributed by atoms with Gasteiger partial charge in [-0.25, -0.2) is 8.78 Å². The Bertz CT molecular complexity index is 205. The van der Waals surface area contributed by atoms with Crippen molar-refractivity contribution in [1.82, 2.24) is 5.16 Å². The second kappa shape index (κ2) is 5.05. The first kappa shape index (κ1) is 11.3. The van der Waals surface area contributed by atoms with E-state index >= 15 is 0 Å². The number of nitrogens with zero attached hydrogens (tertiary/aromatic N) is 1. The molecule has 6 heteroatoms. The SMILES string of the molecule is Cl.NCC(c1ccon1)C(F)F. The van der Waals surface area contributed by atoms with Gasteiger partial charge >= 0.3 is 0 Å². The minimum atomic E-state index is -2.48. The molecule has 3 nitrogen and oxygen atoms in total. The molecular weight excluding hydrogens is 190 g/mol. The van der Waals surface area contributed by atoms with Crippen LogP contribution in [0.2, 0.25) is 0 Å². The van der Waals surface area contributed by atoms with E-state index in [1.165, 1.54) is 12.3 Å². The molecule has 0 saturated heterocycles. The molecule has 0 aliphatic heterocycles. The number of nitrogens with two attached hydrogens (primary N) is 1. The fourth-order valence-corrected chi connectivity index (χ4v) is 0.766. The zero-order chi connectivity index (χ0) is 8.27. The van der Waals surface area contributed by atoms with Gasteiger partial charge in [-0.05, 0) is 0 Å². The average Bonchev–Trinajstić information content (AvgIpc) is 2.40. The van der Waals surface area contributed by atoms with Crippen molar-refractivity contribution in [3.63, 3.8) is 0 Å². The second-order valence-electron chi connectivity index (χ2n) is 2.10. The van der Waals surface area contributed by atoms with Crippen LogP contribution in [0.5, 0.6) is 0 Å². The topological polar surface area (TPSA) is 52.0 Å². The van der Waals surface area contributed by atoms with Gasteiger partial charge in [0, 0.05) is 12.6 Å². The predicted molar refractivity (Wildman–Crippen MR) is 41.6 cm³/mol. The molecule has 0 aromatic carbocycles. The molecule has 0 amide bonds. The zero-order valence-electron chi connectivity index (χ0n) is 6.11. The number of aromatic nitrogens is 1. The Morgan fingerprint density at radius 2 is 2.25 bits per heavy atom. The Labute approximate surface area is 74.3 Å². The van der Waals surface area contributed by atoms with Crippen LogP contribution in [-0.4, -0.2) is 18.1 Å². The molecule has 2 N–H and O–H groups in total. The summed E-state index contributed by atoms with van der Waals surface area (Å²) in [7, 11) is 0. The van der Waals surface area contributed by atoms with E-state index in [0.717, 1.165) is 0 Å². The van der Waals surface area contributed by atoms with Crippen LogP contribution in [0.4, 0.5) is 8.78 Å². The molecule has 0 bridgehead atoms. The van der Waals surface area contributed by atoms with E-state index in [0.29, 0.717) is 0 Å². The monoisotopic (exact) mass is 198 g/mol. The van der Waals surface area contributed by atoms with Crippen molar-refractivity contribution in [2.45, 2.75) is 12.3 Å². The largest absolute Gasteiger partial charge is 0.364 e. The summed E-state index contributed by atoms with van der Waals surface area (Å²) in [6, 6.07) is 1.39. The Morgan fingerprint density at radius 3 is 2.58 bits per heavy atom. The van der Waals surface area contributed by atoms with Crippen molar-refractivity contribution in [3.8, 4) is 0 Å². The molecule has 1 heterocycles. The maximum absolute atomic E-state index is 12.1. The van der Waals surface area contributed by atoms with Gasteiger partial charge in [-0.2, -0.15) is 0 Å². The van der Waals surface area contributed by atoms with E-state index in [1.807, 2.05) is 0 Å². The van der Waals surface area contributed by atoms with Crippen LogP contribution in [-0.2, 0) is 0 Å². The number of alkyl halides is 2. The van der Waals surface area contributed by atoms with Gasteiger partial charge < -0.3 is 10.3 Å². The molecule has 0 saturated carbocycles. The number of rotatable bonds is 3. The van der Waals surface area contributed by atoms with Crippen LogP contribution < -0.4 is 5.73 Å². The van der Waals surface area contributed by atoms with Crippen LogP contribution in [0.25, 0.3) is 0 Å². The standard InChI is InChI=1S/C6H8F2N2O.ClH/c7-6(8)4(3-9)5-1-2-11-10-5;/h1-2,4,6H,3,9H2;1H. The van der Waals surface area contributed by atoms with Gasteiger partial charge in [0.25, 0.3) is 0 Å². The third-order valence-electron chi connectivity index (χ3n) is 1.40. The second-order valence-corrected chi connectivity index (χ2v) is 2.10. The van der Waals surface area contributed by atoms with Crippen LogP contribution in [0, 0.1) is 0 Å². The van der Waals surface area contributed by atoms with Gasteiger partial charge in [0.1, 0.15) is 6.26 Å². The molecule has 1 atom stereocenters. The highest BCUT2D eigenvalue weighted by atomic mass is 35.5. The van der Waals surface area contributed by atoms with Gasteiger partial charge in [0.05, 0.1) is 11.6 Å². The lowest BCUT2D eigenvalue weighted by Gasteiger charge is -2.08. The summed E-state index contributed by atoms with van der Waals surface area (Å²) >= 11 is 0. The Hall–Kier alpha value is -0.680. The lowest BCUT2D eigenvalue weighted by molar-refractivity contribution is 0.113.